The van der Waals surface area contributed by atoms with Gasteiger partial charge in [-0.05, 0) is 23.7 Å². The average molecular weight is 505 g/mol. The van der Waals surface area contributed by atoms with Gasteiger partial charge in [-0.3, -0.25) is 14.4 Å². The van der Waals surface area contributed by atoms with E-state index in [1.165, 1.54) is 0 Å². The van der Waals surface area contributed by atoms with Crippen molar-refractivity contribution in [1.29, 1.82) is 0 Å². The third-order valence-electron chi connectivity index (χ3n) is 5.31. The molecule has 1 amide bonds. The number of carbonyl (C=O) groups is 2. The van der Waals surface area contributed by atoms with Crippen molar-refractivity contribution in [3.05, 3.63) is 67.3 Å². The van der Waals surface area contributed by atoms with Gasteiger partial charge in [-0.15, -0.1) is 11.3 Å². The molecule has 0 aliphatic rings. The van der Waals surface area contributed by atoms with E-state index in [2.05, 4.69) is 25.0 Å². The van der Waals surface area contributed by atoms with E-state index in [4.69, 9.17) is 16.3 Å². The average Bonchev–Trinajstić information content (AvgIpc) is 3.13. The largest absolute Gasteiger partial charge is 0.377 e. The Kier molecular flexibility index (Phi) is 8.28. The van der Waals surface area contributed by atoms with Crippen LogP contribution in [-0.4, -0.2) is 31.4 Å². The molecule has 0 aliphatic carbocycles. The predicted octanol–water partition coefficient (Wildman–Crippen LogP) is 4.78. The minimum atomic E-state index is -1.22. The molecule has 0 fully saturated rings. The summed E-state index contributed by atoms with van der Waals surface area (Å²) in [4.78, 5) is 37.8. The van der Waals surface area contributed by atoms with E-state index < -0.39 is 8.07 Å². The van der Waals surface area contributed by atoms with Crippen LogP contribution >= 0.6 is 22.9 Å². The van der Waals surface area contributed by atoms with Crippen LogP contribution in [0.25, 0.3) is 10.2 Å². The van der Waals surface area contributed by atoms with Gasteiger partial charge in [0.25, 0.3) is 0 Å². The SMILES string of the molecule is Cn1cc(CC(=O)NCc2ccc(Cl)cc2)c(=O)c2sc(C=O)c(COCC[Si](C)(C)C)c21. The maximum atomic E-state index is 13.1. The van der Waals surface area contributed by atoms with Crippen LogP contribution in [0.1, 0.15) is 26.4 Å². The number of ether oxygens (including phenoxy) is 1. The number of aromatic nitrogens is 1. The fourth-order valence-electron chi connectivity index (χ4n) is 3.45. The summed E-state index contributed by atoms with van der Waals surface area (Å²) >= 11 is 7.05. The van der Waals surface area contributed by atoms with Crippen LogP contribution in [0.5, 0.6) is 0 Å². The van der Waals surface area contributed by atoms with Gasteiger partial charge in [0, 0.05) is 50.6 Å². The Morgan fingerprint density at radius 2 is 1.94 bits per heavy atom. The van der Waals surface area contributed by atoms with Crippen LogP contribution in [0, 0.1) is 0 Å². The lowest BCUT2D eigenvalue weighted by molar-refractivity contribution is -0.120. The van der Waals surface area contributed by atoms with Crippen LogP contribution in [0.4, 0.5) is 0 Å². The summed E-state index contributed by atoms with van der Waals surface area (Å²) in [6.07, 6.45) is 2.42. The molecule has 6 nitrogen and oxygen atoms in total. The van der Waals surface area contributed by atoms with Gasteiger partial charge in [0.2, 0.25) is 11.3 Å². The molecule has 1 N–H and O–H groups in total. The maximum Gasteiger partial charge on any atom is 0.224 e. The van der Waals surface area contributed by atoms with Gasteiger partial charge in [0.05, 0.1) is 28.1 Å². The molecule has 0 bridgehead atoms. The number of benzene rings is 1. The highest BCUT2D eigenvalue weighted by atomic mass is 35.5. The molecule has 33 heavy (non-hydrogen) atoms. The Morgan fingerprint density at radius 3 is 2.58 bits per heavy atom. The summed E-state index contributed by atoms with van der Waals surface area (Å²) in [5.74, 6) is -0.247. The molecule has 0 atom stereocenters. The van der Waals surface area contributed by atoms with Gasteiger partial charge < -0.3 is 14.6 Å². The Morgan fingerprint density at radius 1 is 1.24 bits per heavy atom. The van der Waals surface area contributed by atoms with Gasteiger partial charge in [-0.1, -0.05) is 43.4 Å². The topological polar surface area (TPSA) is 77.4 Å². The fourth-order valence-corrected chi connectivity index (χ4v) is 5.47. The highest BCUT2D eigenvalue weighted by molar-refractivity contribution is 7.20. The molecule has 0 saturated carbocycles. The molecule has 0 spiro atoms. The highest BCUT2D eigenvalue weighted by Crippen LogP contribution is 2.29. The van der Waals surface area contributed by atoms with E-state index in [0.717, 1.165) is 34.8 Å². The number of rotatable bonds is 10. The van der Waals surface area contributed by atoms with Gasteiger partial charge in [-0.2, -0.15) is 0 Å². The number of pyridine rings is 1. The molecule has 2 heterocycles. The maximum absolute atomic E-state index is 13.1. The molecule has 9 heteroatoms. The van der Waals surface area contributed by atoms with E-state index in [1.807, 2.05) is 23.7 Å². The zero-order valence-electron chi connectivity index (χ0n) is 19.4. The van der Waals surface area contributed by atoms with Gasteiger partial charge in [0.15, 0.2) is 6.29 Å². The van der Waals surface area contributed by atoms with Gasteiger partial charge in [0.1, 0.15) is 0 Å². The molecule has 2 aromatic heterocycles. The molecule has 0 aliphatic heterocycles. The summed E-state index contributed by atoms with van der Waals surface area (Å²) in [5.41, 5.74) is 2.53. The number of hydrogen-bond donors (Lipinski definition) is 1. The first kappa shape index (κ1) is 25.4. The lowest BCUT2D eigenvalue weighted by atomic mass is 10.1. The van der Waals surface area contributed by atoms with E-state index in [-0.39, 0.29) is 24.4 Å². The molecular formula is C24H29ClN2O4SSi. The number of hydrogen-bond acceptors (Lipinski definition) is 5. The lowest BCUT2D eigenvalue weighted by Crippen LogP contribution is -2.27. The number of amides is 1. The second-order valence-electron chi connectivity index (χ2n) is 9.28. The van der Waals surface area contributed by atoms with Crippen molar-refractivity contribution in [2.75, 3.05) is 6.61 Å². The molecule has 176 valence electrons. The number of fused-ring (bicyclic) bond motifs is 1. The predicted molar refractivity (Wildman–Crippen MR) is 137 cm³/mol. The number of aldehydes is 1. The first-order valence-electron chi connectivity index (χ1n) is 10.8. The van der Waals surface area contributed by atoms with E-state index in [1.54, 1.807) is 18.3 Å². The smallest absolute Gasteiger partial charge is 0.224 e. The summed E-state index contributed by atoms with van der Waals surface area (Å²) < 4.78 is 8.17. The standard InChI is InChI=1S/C24H29ClN2O4SSi/c1-27-13-17(11-21(29)26-12-16-5-7-18(25)8-6-16)23(30)24-22(27)19(20(14-28)32-24)15-31-9-10-33(2,3)4/h5-8,13-14H,9-12,15H2,1-4H3,(H,26,29). The van der Waals surface area contributed by atoms with E-state index in [0.29, 0.717) is 38.8 Å². The number of halogens is 1. The summed E-state index contributed by atoms with van der Waals surface area (Å²) in [5, 5.41) is 3.47. The number of aryl methyl sites for hydroxylation is 1. The number of thiophene rings is 1. The van der Waals surface area contributed by atoms with Crippen molar-refractivity contribution >= 4 is 53.4 Å². The van der Waals surface area contributed by atoms with Crippen molar-refractivity contribution in [3.8, 4) is 0 Å². The number of carbonyl (C=O) groups excluding carboxylic acids is 2. The first-order chi connectivity index (χ1) is 15.6. The monoisotopic (exact) mass is 504 g/mol. The van der Waals surface area contributed by atoms with E-state index >= 15 is 0 Å². The zero-order chi connectivity index (χ0) is 24.2. The Hall–Kier alpha value is -2.26. The van der Waals surface area contributed by atoms with Gasteiger partial charge in [-0.25, -0.2) is 0 Å². The van der Waals surface area contributed by atoms with Crippen molar-refractivity contribution in [2.24, 2.45) is 7.05 Å². The molecule has 1 aromatic carbocycles. The molecule has 3 aromatic rings. The normalized spacial score (nSPS) is 11.7. The number of nitrogens with zero attached hydrogens (tertiary/aromatic N) is 1. The molecule has 0 unspecified atom stereocenters. The Labute approximate surface area is 203 Å². The van der Waals surface area contributed by atoms with Crippen molar-refractivity contribution in [1.82, 2.24) is 9.88 Å². The molecule has 0 radical (unpaired) electrons. The second-order valence-corrected chi connectivity index (χ2v) is 16.4. The van der Waals surface area contributed by atoms with E-state index in [9.17, 15) is 14.4 Å². The van der Waals surface area contributed by atoms with Crippen molar-refractivity contribution in [3.63, 3.8) is 0 Å². The lowest BCUT2D eigenvalue weighted by Gasteiger charge is -2.15. The Balaban J connectivity index is 1.77. The van der Waals surface area contributed by atoms with Crippen LogP contribution in [0.2, 0.25) is 30.7 Å². The Bertz CT molecular complexity index is 1210. The van der Waals surface area contributed by atoms with Gasteiger partial charge >= 0.3 is 0 Å². The third kappa shape index (κ3) is 6.63. The summed E-state index contributed by atoms with van der Waals surface area (Å²) in [6, 6.07) is 8.24. The zero-order valence-corrected chi connectivity index (χ0v) is 21.9. The second kappa shape index (κ2) is 10.8. The minimum Gasteiger partial charge on any atom is -0.377 e. The van der Waals surface area contributed by atoms with Crippen LogP contribution < -0.4 is 10.7 Å². The minimum absolute atomic E-state index is 0.0351. The molecule has 3 rings (SSSR count). The molecular weight excluding hydrogens is 476 g/mol. The summed E-state index contributed by atoms with van der Waals surface area (Å²) in [6.45, 7) is 8.11. The first-order valence-corrected chi connectivity index (χ1v) is 15.7. The third-order valence-corrected chi connectivity index (χ3v) is 8.42. The molecule has 0 saturated heterocycles. The van der Waals surface area contributed by atoms with Crippen LogP contribution in [0.15, 0.2) is 35.3 Å². The van der Waals surface area contributed by atoms with Crippen LogP contribution in [0.3, 0.4) is 0 Å². The number of nitrogens with one attached hydrogen (secondary N) is 1. The summed E-state index contributed by atoms with van der Waals surface area (Å²) in [7, 11) is 0.603. The quantitative estimate of drug-likeness (QED) is 0.245. The highest BCUT2D eigenvalue weighted by Gasteiger charge is 2.20. The van der Waals surface area contributed by atoms with Crippen molar-refractivity contribution < 1.29 is 14.3 Å². The van der Waals surface area contributed by atoms with Crippen molar-refractivity contribution in [2.45, 2.75) is 45.3 Å². The fraction of sp³-hybridized carbons (Fsp3) is 0.375. The van der Waals surface area contributed by atoms with Crippen LogP contribution in [-0.2, 0) is 36.2 Å².